The molecule has 2 fully saturated rings. The number of aliphatic hydroxyl groups is 1. The molecule has 0 aromatic heterocycles. The van der Waals surface area contributed by atoms with Gasteiger partial charge in [0.15, 0.2) is 5.84 Å². The number of carbonyl (C=O) groups is 1. The Morgan fingerprint density at radius 2 is 2.15 bits per heavy atom. The molecule has 0 bridgehead atoms. The van der Waals surface area contributed by atoms with E-state index in [-0.39, 0.29) is 17.7 Å². The van der Waals surface area contributed by atoms with Crippen molar-refractivity contribution in [3.8, 4) is 0 Å². The molecule has 2 heterocycles. The van der Waals surface area contributed by atoms with E-state index in [0.717, 1.165) is 6.42 Å². The summed E-state index contributed by atoms with van der Waals surface area (Å²) in [4.78, 5) is 14.5. The van der Waals surface area contributed by atoms with Crippen LogP contribution in [0.1, 0.15) is 26.2 Å². The maximum atomic E-state index is 12.8. The second-order valence-corrected chi connectivity index (χ2v) is 5.72. The lowest BCUT2D eigenvalue weighted by atomic mass is 9.77. The van der Waals surface area contributed by atoms with Gasteiger partial charge in [-0.2, -0.15) is 0 Å². The van der Waals surface area contributed by atoms with E-state index < -0.39 is 11.5 Å². The lowest BCUT2D eigenvalue weighted by Gasteiger charge is -2.37. The van der Waals surface area contributed by atoms with Gasteiger partial charge in [-0.1, -0.05) is 5.16 Å². The van der Waals surface area contributed by atoms with Gasteiger partial charge in [-0.05, 0) is 26.2 Å². The van der Waals surface area contributed by atoms with Crippen LogP contribution >= 0.6 is 0 Å². The third-order valence-electron chi connectivity index (χ3n) is 4.55. The van der Waals surface area contributed by atoms with Gasteiger partial charge in [0.05, 0.1) is 6.10 Å². The molecule has 114 valence electrons. The quantitative estimate of drug-likeness (QED) is 0.287. The van der Waals surface area contributed by atoms with E-state index in [9.17, 15) is 9.90 Å². The monoisotopic (exact) mass is 285 g/mol. The molecule has 0 radical (unpaired) electrons. The molecule has 7 nitrogen and oxygen atoms in total. The Morgan fingerprint density at radius 1 is 1.50 bits per heavy atom. The van der Waals surface area contributed by atoms with Gasteiger partial charge in [-0.15, -0.1) is 0 Å². The predicted octanol–water partition coefficient (Wildman–Crippen LogP) is -0.241. The molecular formula is C13H23N3O4. The summed E-state index contributed by atoms with van der Waals surface area (Å²) in [5.41, 5.74) is 4.84. The molecule has 1 amide bonds. The maximum absolute atomic E-state index is 12.8. The summed E-state index contributed by atoms with van der Waals surface area (Å²) in [5, 5.41) is 21.7. The lowest BCUT2D eigenvalue weighted by Crippen LogP contribution is -2.53. The van der Waals surface area contributed by atoms with Crippen molar-refractivity contribution in [2.75, 3.05) is 26.3 Å². The number of hydrogen-bond donors (Lipinski definition) is 3. The van der Waals surface area contributed by atoms with Crippen molar-refractivity contribution in [1.82, 2.24) is 4.90 Å². The van der Waals surface area contributed by atoms with E-state index in [2.05, 4.69) is 5.16 Å². The molecule has 0 saturated carbocycles. The molecule has 2 aliphatic heterocycles. The zero-order valence-corrected chi connectivity index (χ0v) is 11.8. The molecule has 2 unspecified atom stereocenters. The maximum Gasteiger partial charge on any atom is 0.236 e. The number of nitrogens with two attached hydrogens (primary N) is 1. The van der Waals surface area contributed by atoms with Crippen molar-refractivity contribution >= 4 is 11.7 Å². The molecule has 0 aliphatic carbocycles. The van der Waals surface area contributed by atoms with Gasteiger partial charge in [-0.3, -0.25) is 4.79 Å². The van der Waals surface area contributed by atoms with Crippen LogP contribution < -0.4 is 5.73 Å². The zero-order valence-electron chi connectivity index (χ0n) is 11.8. The summed E-state index contributed by atoms with van der Waals surface area (Å²) in [6.45, 7) is 3.73. The molecule has 20 heavy (non-hydrogen) atoms. The van der Waals surface area contributed by atoms with E-state index in [1.807, 2.05) is 0 Å². The van der Waals surface area contributed by atoms with Crippen molar-refractivity contribution in [3.63, 3.8) is 0 Å². The fraction of sp³-hybridized carbons (Fsp3) is 0.846. The zero-order chi connectivity index (χ0) is 14.8. The van der Waals surface area contributed by atoms with Crippen LogP contribution in [0.3, 0.4) is 0 Å². The summed E-state index contributed by atoms with van der Waals surface area (Å²) >= 11 is 0. The average molecular weight is 285 g/mol. The minimum atomic E-state index is -0.958. The van der Waals surface area contributed by atoms with Crippen LogP contribution in [0.2, 0.25) is 0 Å². The first-order chi connectivity index (χ1) is 9.51. The van der Waals surface area contributed by atoms with Crippen molar-refractivity contribution in [1.29, 1.82) is 0 Å². The molecule has 2 saturated heterocycles. The highest BCUT2D eigenvalue weighted by atomic mass is 16.5. The van der Waals surface area contributed by atoms with Crippen molar-refractivity contribution in [2.24, 2.45) is 22.2 Å². The van der Waals surface area contributed by atoms with Crippen LogP contribution in [0.15, 0.2) is 5.16 Å². The standard InChI is InChI=1S/C13H23N3O4/c1-9(17)10-2-5-16(8-10)12(18)13(11(14)15-19)3-6-20-7-4-13/h9-10,17,19H,2-8H2,1H3,(H2,14,15). The molecule has 4 N–H and O–H groups in total. The molecule has 2 atom stereocenters. The number of amidine groups is 1. The fourth-order valence-corrected chi connectivity index (χ4v) is 3.06. The van der Waals surface area contributed by atoms with E-state index in [0.29, 0.717) is 39.1 Å². The van der Waals surface area contributed by atoms with Gasteiger partial charge in [0.2, 0.25) is 5.91 Å². The number of amides is 1. The SMILES string of the molecule is CC(O)C1CCN(C(=O)C2(C(N)=NO)CCOCC2)C1. The first kappa shape index (κ1) is 15.1. The Morgan fingerprint density at radius 3 is 2.65 bits per heavy atom. The summed E-state index contributed by atoms with van der Waals surface area (Å²) in [5.74, 6) is -0.0475. The number of aliphatic hydroxyl groups excluding tert-OH is 1. The predicted molar refractivity (Wildman–Crippen MR) is 72.3 cm³/mol. The summed E-state index contributed by atoms with van der Waals surface area (Å²) in [7, 11) is 0. The molecule has 7 heteroatoms. The number of hydrogen-bond acceptors (Lipinski definition) is 5. The largest absolute Gasteiger partial charge is 0.409 e. The Balaban J connectivity index is 2.16. The van der Waals surface area contributed by atoms with Gasteiger partial charge in [0.1, 0.15) is 5.41 Å². The minimum Gasteiger partial charge on any atom is -0.409 e. The normalized spacial score (nSPS) is 28.4. The summed E-state index contributed by atoms with van der Waals surface area (Å²) < 4.78 is 5.29. The van der Waals surface area contributed by atoms with Crippen LogP contribution in [0.4, 0.5) is 0 Å². The Bertz CT molecular complexity index is 391. The van der Waals surface area contributed by atoms with Crippen LogP contribution in [-0.4, -0.2) is 59.4 Å². The molecule has 0 spiro atoms. The average Bonchev–Trinajstić information content (AvgIpc) is 2.96. The third-order valence-corrected chi connectivity index (χ3v) is 4.55. The van der Waals surface area contributed by atoms with Gasteiger partial charge in [0.25, 0.3) is 0 Å². The first-order valence-electron chi connectivity index (χ1n) is 7.04. The highest BCUT2D eigenvalue weighted by Crippen LogP contribution is 2.35. The second-order valence-electron chi connectivity index (χ2n) is 5.72. The Kier molecular flexibility index (Phi) is 4.49. The van der Waals surface area contributed by atoms with E-state index in [1.165, 1.54) is 0 Å². The summed E-state index contributed by atoms with van der Waals surface area (Å²) in [6, 6.07) is 0. The van der Waals surface area contributed by atoms with Crippen molar-refractivity contribution in [3.05, 3.63) is 0 Å². The number of likely N-dealkylation sites (tertiary alicyclic amines) is 1. The Labute approximate surface area is 118 Å². The van der Waals surface area contributed by atoms with E-state index in [1.54, 1.807) is 11.8 Å². The van der Waals surface area contributed by atoms with Crippen LogP contribution in [0, 0.1) is 11.3 Å². The van der Waals surface area contributed by atoms with Crippen molar-refractivity contribution < 1.29 is 19.8 Å². The number of rotatable bonds is 3. The highest BCUT2D eigenvalue weighted by Gasteiger charge is 2.48. The molecule has 0 aromatic carbocycles. The van der Waals surface area contributed by atoms with Crippen LogP contribution in [0.5, 0.6) is 0 Å². The topological polar surface area (TPSA) is 108 Å². The van der Waals surface area contributed by atoms with Gasteiger partial charge in [0, 0.05) is 32.2 Å². The smallest absolute Gasteiger partial charge is 0.236 e. The van der Waals surface area contributed by atoms with E-state index >= 15 is 0 Å². The molecule has 2 aliphatic rings. The van der Waals surface area contributed by atoms with Crippen LogP contribution in [-0.2, 0) is 9.53 Å². The van der Waals surface area contributed by atoms with Crippen LogP contribution in [0.25, 0.3) is 0 Å². The number of ether oxygens (including phenoxy) is 1. The Hall–Kier alpha value is -1.34. The van der Waals surface area contributed by atoms with Gasteiger partial charge < -0.3 is 25.7 Å². The van der Waals surface area contributed by atoms with Gasteiger partial charge in [-0.25, -0.2) is 0 Å². The summed E-state index contributed by atoms with van der Waals surface area (Å²) in [6.07, 6.45) is 1.21. The van der Waals surface area contributed by atoms with E-state index in [4.69, 9.17) is 15.7 Å². The second kappa shape index (κ2) is 5.97. The minimum absolute atomic E-state index is 0.0358. The number of carbonyl (C=O) groups excluding carboxylic acids is 1. The van der Waals surface area contributed by atoms with Crippen molar-refractivity contribution in [2.45, 2.75) is 32.3 Å². The molecule has 2 rings (SSSR count). The highest BCUT2D eigenvalue weighted by molar-refractivity contribution is 6.06. The number of nitrogens with zero attached hydrogens (tertiary/aromatic N) is 2. The lowest BCUT2D eigenvalue weighted by molar-refractivity contribution is -0.141. The molecular weight excluding hydrogens is 262 g/mol. The molecule has 0 aromatic rings. The van der Waals surface area contributed by atoms with Gasteiger partial charge >= 0.3 is 0 Å². The number of oxime groups is 1. The first-order valence-corrected chi connectivity index (χ1v) is 7.04. The fourth-order valence-electron chi connectivity index (χ4n) is 3.06. The third kappa shape index (κ3) is 2.60.